The van der Waals surface area contributed by atoms with E-state index >= 15 is 0 Å². The van der Waals surface area contributed by atoms with Crippen molar-refractivity contribution < 1.29 is 0 Å². The third-order valence-electron chi connectivity index (χ3n) is 8.54. The smallest absolute Gasteiger partial charge is 0.165 e. The van der Waals surface area contributed by atoms with Crippen molar-refractivity contribution in [2.24, 2.45) is 0 Å². The molecule has 9 rings (SSSR count). The molecule has 0 radical (unpaired) electrons. The first-order valence-corrected chi connectivity index (χ1v) is 15.9. The molecule has 0 atom stereocenters. The highest BCUT2D eigenvalue weighted by molar-refractivity contribution is 7.26. The van der Waals surface area contributed by atoms with Gasteiger partial charge >= 0.3 is 0 Å². The largest absolute Gasteiger partial charge is 0.208 e. The molecule has 4 heteroatoms. The predicted molar refractivity (Wildman–Crippen MR) is 189 cm³/mol. The summed E-state index contributed by atoms with van der Waals surface area (Å²) in [6.45, 7) is 0. The van der Waals surface area contributed by atoms with Crippen LogP contribution in [0.15, 0.2) is 152 Å². The first-order chi connectivity index (χ1) is 22.3. The van der Waals surface area contributed by atoms with Crippen LogP contribution in [0.25, 0.3) is 87.0 Å². The Kier molecular flexibility index (Phi) is 6.00. The van der Waals surface area contributed by atoms with Crippen LogP contribution in [0, 0.1) is 0 Å². The monoisotopic (exact) mass is 591 g/mol. The molecule has 0 N–H and O–H groups in total. The minimum Gasteiger partial charge on any atom is -0.208 e. The molecule has 7 aromatic carbocycles. The number of hydrogen-bond donors (Lipinski definition) is 0. The Bertz CT molecular complexity index is 2550. The van der Waals surface area contributed by atoms with Gasteiger partial charge in [0.2, 0.25) is 0 Å². The Balaban J connectivity index is 1.28. The number of aromatic nitrogens is 3. The van der Waals surface area contributed by atoms with Crippen LogP contribution in [0.3, 0.4) is 0 Å². The van der Waals surface area contributed by atoms with Crippen molar-refractivity contribution in [2.45, 2.75) is 0 Å². The molecule has 3 nitrogen and oxygen atoms in total. The van der Waals surface area contributed by atoms with E-state index in [4.69, 9.17) is 15.0 Å². The molecule has 0 aliphatic heterocycles. The molecule has 0 unspecified atom stereocenters. The van der Waals surface area contributed by atoms with Crippen LogP contribution in [-0.2, 0) is 0 Å². The van der Waals surface area contributed by atoms with E-state index in [9.17, 15) is 0 Å². The van der Waals surface area contributed by atoms with Crippen molar-refractivity contribution in [1.82, 2.24) is 15.0 Å². The zero-order valence-corrected chi connectivity index (χ0v) is 25.0. The maximum Gasteiger partial charge on any atom is 0.165 e. The summed E-state index contributed by atoms with van der Waals surface area (Å²) in [4.78, 5) is 15.4. The van der Waals surface area contributed by atoms with Crippen molar-refractivity contribution in [1.29, 1.82) is 0 Å². The molecule has 0 saturated heterocycles. The lowest BCUT2D eigenvalue weighted by molar-refractivity contribution is 1.08. The Labute approximate surface area is 264 Å². The van der Waals surface area contributed by atoms with Gasteiger partial charge in [-0.05, 0) is 56.9 Å². The molecule has 0 spiro atoms. The fourth-order valence-corrected chi connectivity index (χ4v) is 7.57. The van der Waals surface area contributed by atoms with E-state index in [1.807, 2.05) is 18.2 Å². The Morgan fingerprint density at radius 1 is 0.356 bits per heavy atom. The van der Waals surface area contributed by atoms with Gasteiger partial charge < -0.3 is 0 Å². The minimum absolute atomic E-state index is 0.663. The average Bonchev–Trinajstić information content (AvgIpc) is 3.50. The second-order valence-electron chi connectivity index (χ2n) is 11.2. The van der Waals surface area contributed by atoms with Gasteiger partial charge in [0.05, 0.1) is 0 Å². The summed E-state index contributed by atoms with van der Waals surface area (Å²) in [6, 6.07) is 53.3. The summed E-state index contributed by atoms with van der Waals surface area (Å²) >= 11 is 1.79. The lowest BCUT2D eigenvalue weighted by Crippen LogP contribution is -2.01. The molecule has 9 aromatic rings. The van der Waals surface area contributed by atoms with Gasteiger partial charge in [0.15, 0.2) is 17.5 Å². The number of benzene rings is 7. The lowest BCUT2D eigenvalue weighted by Gasteiger charge is -2.13. The number of fused-ring (bicyclic) bond motifs is 5. The number of thiophene rings is 1. The SMILES string of the molecule is c1ccc(-c2nc(-c3ccc(-c4ccc5ccccc5c4)c4ccccc34)nc(-c3cccc4c3sc3ccccc34)n2)cc1. The van der Waals surface area contributed by atoms with Gasteiger partial charge in [-0.2, -0.15) is 0 Å². The maximum atomic E-state index is 5.20. The number of nitrogens with zero attached hydrogens (tertiary/aromatic N) is 3. The van der Waals surface area contributed by atoms with Crippen LogP contribution in [0.4, 0.5) is 0 Å². The van der Waals surface area contributed by atoms with Crippen LogP contribution < -0.4 is 0 Å². The van der Waals surface area contributed by atoms with Gasteiger partial charge in [-0.15, -0.1) is 11.3 Å². The molecule has 0 aliphatic carbocycles. The molecule has 2 aromatic heterocycles. The van der Waals surface area contributed by atoms with E-state index in [0.29, 0.717) is 17.5 Å². The average molecular weight is 592 g/mol. The summed E-state index contributed by atoms with van der Waals surface area (Å²) in [5, 5.41) is 7.23. The van der Waals surface area contributed by atoms with Gasteiger partial charge in [0, 0.05) is 36.9 Å². The van der Waals surface area contributed by atoms with E-state index < -0.39 is 0 Å². The van der Waals surface area contributed by atoms with Gasteiger partial charge in [-0.25, -0.2) is 15.0 Å². The van der Waals surface area contributed by atoms with Gasteiger partial charge in [0.1, 0.15) is 0 Å². The van der Waals surface area contributed by atoms with Gasteiger partial charge in [-0.3, -0.25) is 0 Å². The zero-order valence-electron chi connectivity index (χ0n) is 24.2. The fraction of sp³-hybridized carbons (Fsp3) is 0. The molecule has 0 amide bonds. The normalized spacial score (nSPS) is 11.6. The number of hydrogen-bond acceptors (Lipinski definition) is 4. The summed E-state index contributed by atoms with van der Waals surface area (Å²) in [5.74, 6) is 2.01. The standard InChI is InChI=1S/C41H25N3S/c1-2-12-27(13-3-1)39-42-40(44-41(43-39)36-19-10-18-34-33-17-8-9-20-37(33)45-38(34)36)35-24-23-30(31-15-6-7-16-32(31)35)29-22-21-26-11-4-5-14-28(26)25-29/h1-25H. The molecule has 0 saturated carbocycles. The molecule has 45 heavy (non-hydrogen) atoms. The molecule has 0 bridgehead atoms. The minimum atomic E-state index is 0.663. The van der Waals surface area contributed by atoms with Crippen LogP contribution in [0.5, 0.6) is 0 Å². The molecule has 0 aliphatic rings. The maximum absolute atomic E-state index is 5.20. The third kappa shape index (κ3) is 4.38. The molecular formula is C41H25N3S. The van der Waals surface area contributed by atoms with Crippen molar-refractivity contribution in [3.8, 4) is 45.3 Å². The van der Waals surface area contributed by atoms with E-state index in [1.54, 1.807) is 11.3 Å². The van der Waals surface area contributed by atoms with Crippen molar-refractivity contribution in [3.63, 3.8) is 0 Å². The van der Waals surface area contributed by atoms with Crippen molar-refractivity contribution in [2.75, 3.05) is 0 Å². The van der Waals surface area contributed by atoms with Crippen LogP contribution in [0.2, 0.25) is 0 Å². The highest BCUT2D eigenvalue weighted by Crippen LogP contribution is 2.40. The van der Waals surface area contributed by atoms with Crippen LogP contribution in [-0.4, -0.2) is 15.0 Å². The lowest BCUT2D eigenvalue weighted by atomic mass is 9.93. The van der Waals surface area contributed by atoms with E-state index in [1.165, 1.54) is 47.5 Å². The topological polar surface area (TPSA) is 38.7 Å². The zero-order chi connectivity index (χ0) is 29.7. The number of rotatable bonds is 4. The third-order valence-corrected chi connectivity index (χ3v) is 9.76. The van der Waals surface area contributed by atoms with Crippen molar-refractivity contribution >= 4 is 53.1 Å². The first kappa shape index (κ1) is 25.8. The molecule has 210 valence electrons. The first-order valence-electron chi connectivity index (χ1n) is 15.0. The Hall–Kier alpha value is -5.71. The summed E-state index contributed by atoms with van der Waals surface area (Å²) in [7, 11) is 0. The predicted octanol–water partition coefficient (Wildman–Crippen LogP) is 11.2. The van der Waals surface area contributed by atoms with E-state index in [-0.39, 0.29) is 0 Å². The quantitative estimate of drug-likeness (QED) is 0.204. The van der Waals surface area contributed by atoms with Crippen LogP contribution in [0.1, 0.15) is 0 Å². The summed E-state index contributed by atoms with van der Waals surface area (Å²) in [5.41, 5.74) is 5.34. The fourth-order valence-electron chi connectivity index (χ4n) is 6.36. The van der Waals surface area contributed by atoms with Gasteiger partial charge in [0.25, 0.3) is 0 Å². The highest BCUT2D eigenvalue weighted by Gasteiger charge is 2.18. The van der Waals surface area contributed by atoms with E-state index in [0.717, 1.165) is 22.1 Å². The molecule has 0 fully saturated rings. The second-order valence-corrected chi connectivity index (χ2v) is 12.3. The molecular weight excluding hydrogens is 567 g/mol. The Morgan fingerprint density at radius 2 is 0.978 bits per heavy atom. The summed E-state index contributed by atoms with van der Waals surface area (Å²) < 4.78 is 2.44. The van der Waals surface area contributed by atoms with Crippen LogP contribution >= 0.6 is 11.3 Å². The van der Waals surface area contributed by atoms with Gasteiger partial charge in [-0.1, -0.05) is 127 Å². The van der Waals surface area contributed by atoms with Crippen molar-refractivity contribution in [3.05, 3.63) is 152 Å². The second kappa shape index (κ2) is 10.5. The molecule has 2 heterocycles. The highest BCUT2D eigenvalue weighted by atomic mass is 32.1. The Morgan fingerprint density at radius 3 is 1.82 bits per heavy atom. The van der Waals surface area contributed by atoms with E-state index in [2.05, 4.69) is 133 Å². The summed E-state index contributed by atoms with van der Waals surface area (Å²) in [6.07, 6.45) is 0.